The molecule has 2 rings (SSSR count). The molecular formula is C18H21FN2OS2. The van der Waals surface area contributed by atoms with Crippen molar-refractivity contribution < 1.29 is 9.18 Å². The first-order chi connectivity index (χ1) is 11.4. The highest BCUT2D eigenvalue weighted by Gasteiger charge is 2.21. The second kappa shape index (κ2) is 8.44. The van der Waals surface area contributed by atoms with Crippen molar-refractivity contribution in [3.63, 3.8) is 0 Å². The van der Waals surface area contributed by atoms with Gasteiger partial charge in [-0.05, 0) is 45.0 Å². The van der Waals surface area contributed by atoms with Gasteiger partial charge in [0.15, 0.2) is 4.34 Å². The quantitative estimate of drug-likeness (QED) is 0.520. The Morgan fingerprint density at radius 3 is 2.67 bits per heavy atom. The Morgan fingerprint density at radius 2 is 2.08 bits per heavy atom. The summed E-state index contributed by atoms with van der Waals surface area (Å²) in [5.74, 6) is -0.177. The zero-order valence-corrected chi connectivity index (χ0v) is 15.7. The van der Waals surface area contributed by atoms with Crippen LogP contribution >= 0.6 is 23.1 Å². The number of thiazole rings is 1. The molecule has 0 saturated heterocycles. The predicted molar refractivity (Wildman–Crippen MR) is 99.9 cm³/mol. The summed E-state index contributed by atoms with van der Waals surface area (Å²) >= 11 is 2.95. The number of hydrogen-bond acceptors (Lipinski definition) is 4. The van der Waals surface area contributed by atoms with E-state index in [1.54, 1.807) is 17.0 Å². The van der Waals surface area contributed by atoms with Gasteiger partial charge in [0.05, 0.1) is 10.9 Å². The zero-order chi connectivity index (χ0) is 17.7. The summed E-state index contributed by atoms with van der Waals surface area (Å²) in [6.07, 6.45) is 0. The summed E-state index contributed by atoms with van der Waals surface area (Å²) in [6.45, 7) is 10.9. The van der Waals surface area contributed by atoms with Gasteiger partial charge in [0.25, 0.3) is 0 Å². The predicted octanol–water partition coefficient (Wildman–Crippen LogP) is 4.85. The Kier molecular flexibility index (Phi) is 6.57. The van der Waals surface area contributed by atoms with E-state index in [2.05, 4.69) is 11.6 Å². The number of carbonyl (C=O) groups excluding carboxylic acids is 1. The first-order valence-electron chi connectivity index (χ1n) is 7.72. The third-order valence-electron chi connectivity index (χ3n) is 3.40. The number of thioether (sulfide) groups is 1. The van der Waals surface area contributed by atoms with Crippen molar-refractivity contribution in [2.75, 3.05) is 13.1 Å². The van der Waals surface area contributed by atoms with E-state index < -0.39 is 0 Å². The number of nitrogens with zero attached hydrogens (tertiary/aromatic N) is 2. The minimum Gasteiger partial charge on any atom is -0.338 e. The largest absolute Gasteiger partial charge is 0.338 e. The number of hydrogen-bond donors (Lipinski definition) is 0. The lowest BCUT2D eigenvalue weighted by molar-refractivity contribution is -0.129. The van der Waals surface area contributed by atoms with Crippen molar-refractivity contribution in [1.82, 2.24) is 9.88 Å². The second-order valence-corrected chi connectivity index (χ2v) is 8.02. The van der Waals surface area contributed by atoms with Crippen molar-refractivity contribution in [3.05, 3.63) is 47.6 Å². The molecule has 0 saturated carbocycles. The third-order valence-corrected chi connectivity index (χ3v) is 5.46. The molecule has 0 aliphatic carbocycles. The summed E-state index contributed by atoms with van der Waals surface area (Å²) in [4.78, 5) is 18.9. The van der Waals surface area contributed by atoms with Crippen LogP contribution in [0.15, 0.2) is 46.1 Å². The fourth-order valence-corrected chi connectivity index (χ4v) is 4.25. The molecule has 128 valence electrons. The Morgan fingerprint density at radius 1 is 1.42 bits per heavy atom. The number of amides is 1. The average Bonchev–Trinajstić information content (AvgIpc) is 3.00. The van der Waals surface area contributed by atoms with Gasteiger partial charge in [-0.2, -0.15) is 0 Å². The molecule has 1 heterocycles. The van der Waals surface area contributed by atoms with Gasteiger partial charge in [0.2, 0.25) is 5.91 Å². The molecule has 0 spiro atoms. The molecule has 3 nitrogen and oxygen atoms in total. The summed E-state index contributed by atoms with van der Waals surface area (Å²) in [7, 11) is 0. The van der Waals surface area contributed by atoms with Crippen molar-refractivity contribution in [1.29, 1.82) is 0 Å². The van der Waals surface area contributed by atoms with E-state index in [0.717, 1.165) is 21.2 Å². The van der Waals surface area contributed by atoms with Crippen LogP contribution in [-0.4, -0.2) is 34.1 Å². The van der Waals surface area contributed by atoms with E-state index in [0.29, 0.717) is 13.1 Å². The number of benzene rings is 1. The second-order valence-electron chi connectivity index (χ2n) is 5.58. The molecule has 1 aromatic carbocycles. The van der Waals surface area contributed by atoms with Gasteiger partial charge >= 0.3 is 0 Å². The van der Waals surface area contributed by atoms with Gasteiger partial charge in [0, 0.05) is 24.0 Å². The lowest BCUT2D eigenvalue weighted by atomic mass is 10.2. The highest BCUT2D eigenvalue weighted by molar-refractivity contribution is 8.02. The van der Waals surface area contributed by atoms with Gasteiger partial charge in [-0.3, -0.25) is 4.79 Å². The standard InChI is InChI=1S/C18H21FN2OS2/c1-5-21(10-12(2)3)17(22)13(4)24-18-20-16(11-23-18)14-6-8-15(19)9-7-14/h6-9,11,13H,2,5,10H2,1,3-4H3. The van der Waals surface area contributed by atoms with Crippen LogP contribution in [-0.2, 0) is 4.79 Å². The monoisotopic (exact) mass is 364 g/mol. The summed E-state index contributed by atoms with van der Waals surface area (Å²) in [5.41, 5.74) is 2.64. The van der Waals surface area contributed by atoms with E-state index >= 15 is 0 Å². The van der Waals surface area contributed by atoms with Crippen LogP contribution in [0.1, 0.15) is 20.8 Å². The van der Waals surface area contributed by atoms with Gasteiger partial charge < -0.3 is 4.90 Å². The van der Waals surface area contributed by atoms with E-state index in [4.69, 9.17) is 0 Å². The van der Waals surface area contributed by atoms with Crippen LogP contribution in [0, 0.1) is 5.82 Å². The van der Waals surface area contributed by atoms with E-state index in [1.165, 1.54) is 35.2 Å². The molecule has 0 aliphatic rings. The van der Waals surface area contributed by atoms with Crippen molar-refractivity contribution in [2.45, 2.75) is 30.4 Å². The maximum absolute atomic E-state index is 13.0. The lowest BCUT2D eigenvalue weighted by Crippen LogP contribution is -2.37. The highest BCUT2D eigenvalue weighted by atomic mass is 32.2. The van der Waals surface area contributed by atoms with Crippen LogP contribution in [0.2, 0.25) is 0 Å². The molecule has 1 aromatic heterocycles. The minimum atomic E-state index is -0.264. The van der Waals surface area contributed by atoms with Crippen LogP contribution in [0.3, 0.4) is 0 Å². The molecule has 1 atom stereocenters. The first-order valence-corrected chi connectivity index (χ1v) is 9.48. The fourth-order valence-electron chi connectivity index (χ4n) is 2.19. The van der Waals surface area contributed by atoms with Crippen LogP contribution in [0.5, 0.6) is 0 Å². The van der Waals surface area contributed by atoms with E-state index in [-0.39, 0.29) is 17.0 Å². The molecule has 24 heavy (non-hydrogen) atoms. The molecule has 6 heteroatoms. The zero-order valence-electron chi connectivity index (χ0n) is 14.1. The van der Waals surface area contributed by atoms with E-state index in [1.807, 2.05) is 26.2 Å². The molecule has 2 aromatic rings. The average molecular weight is 365 g/mol. The van der Waals surface area contributed by atoms with Crippen molar-refractivity contribution >= 4 is 29.0 Å². The third kappa shape index (κ3) is 4.92. The van der Waals surface area contributed by atoms with E-state index in [9.17, 15) is 9.18 Å². The molecule has 0 fully saturated rings. The normalized spacial score (nSPS) is 12.0. The van der Waals surface area contributed by atoms with Gasteiger partial charge in [0.1, 0.15) is 5.82 Å². The first kappa shape index (κ1) is 18.7. The fraction of sp³-hybridized carbons (Fsp3) is 0.333. The Labute approximate surface area is 150 Å². The Balaban J connectivity index is 2.04. The summed E-state index contributed by atoms with van der Waals surface area (Å²) in [5, 5.41) is 1.72. The van der Waals surface area contributed by atoms with Crippen LogP contribution in [0.4, 0.5) is 4.39 Å². The molecule has 0 N–H and O–H groups in total. The van der Waals surface area contributed by atoms with Crippen LogP contribution < -0.4 is 0 Å². The number of likely N-dealkylation sites (N-methyl/N-ethyl adjacent to an activating group) is 1. The minimum absolute atomic E-state index is 0.0871. The maximum atomic E-state index is 13.0. The lowest BCUT2D eigenvalue weighted by Gasteiger charge is -2.23. The van der Waals surface area contributed by atoms with Crippen molar-refractivity contribution in [3.8, 4) is 11.3 Å². The molecular weight excluding hydrogens is 343 g/mol. The van der Waals surface area contributed by atoms with Gasteiger partial charge in [-0.25, -0.2) is 9.37 Å². The SMILES string of the molecule is C=C(C)CN(CC)C(=O)C(C)Sc1nc(-c2ccc(F)cc2)cs1. The molecule has 0 aliphatic heterocycles. The number of aromatic nitrogens is 1. The molecule has 1 unspecified atom stereocenters. The smallest absolute Gasteiger partial charge is 0.236 e. The van der Waals surface area contributed by atoms with Crippen LogP contribution in [0.25, 0.3) is 11.3 Å². The Hall–Kier alpha value is -1.66. The molecule has 1 amide bonds. The Bertz CT molecular complexity index is 712. The number of carbonyl (C=O) groups is 1. The highest BCUT2D eigenvalue weighted by Crippen LogP contribution is 2.31. The van der Waals surface area contributed by atoms with Gasteiger partial charge in [-0.15, -0.1) is 11.3 Å². The topological polar surface area (TPSA) is 33.2 Å². The maximum Gasteiger partial charge on any atom is 0.236 e. The number of halogens is 1. The molecule has 0 bridgehead atoms. The summed E-state index contributed by atoms with van der Waals surface area (Å²) < 4.78 is 13.8. The van der Waals surface area contributed by atoms with Gasteiger partial charge in [-0.1, -0.05) is 23.9 Å². The molecule has 0 radical (unpaired) electrons. The van der Waals surface area contributed by atoms with Crippen molar-refractivity contribution in [2.24, 2.45) is 0 Å². The number of rotatable bonds is 7. The summed E-state index contributed by atoms with van der Waals surface area (Å²) in [6, 6.07) is 6.26.